The first-order valence-corrected chi connectivity index (χ1v) is 5.41. The van der Waals surface area contributed by atoms with Gasteiger partial charge in [-0.05, 0) is 22.0 Å². The molecular weight excluding hydrogens is 315 g/mol. The normalized spacial score (nSPS) is 9.93. The minimum absolute atomic E-state index is 0.345. The highest BCUT2D eigenvalue weighted by molar-refractivity contribution is 9.11. The first-order valence-electron chi connectivity index (χ1n) is 3.82. The summed E-state index contributed by atoms with van der Waals surface area (Å²) in [6.07, 6.45) is 0. The summed E-state index contributed by atoms with van der Waals surface area (Å²) in [5, 5.41) is 2.95. The van der Waals surface area contributed by atoms with Crippen LogP contribution in [0.5, 0.6) is 0 Å². The number of benzene rings is 1. The number of nitrogen functional groups attached to an aromatic ring is 1. The monoisotopic (exact) mass is 322 g/mol. The van der Waals surface area contributed by atoms with Crippen molar-refractivity contribution < 1.29 is 4.39 Å². The van der Waals surface area contributed by atoms with Crippen molar-refractivity contribution in [2.24, 2.45) is 0 Å². The van der Waals surface area contributed by atoms with E-state index in [1.165, 1.54) is 12.1 Å². The lowest BCUT2D eigenvalue weighted by atomic mass is 10.2. The SMILES string of the molecule is C=C(Br)CNc1cc(F)c(Br)cc1N. The van der Waals surface area contributed by atoms with Gasteiger partial charge in [-0.2, -0.15) is 0 Å². The fraction of sp³-hybridized carbons (Fsp3) is 0.111. The van der Waals surface area contributed by atoms with Crippen molar-refractivity contribution >= 4 is 43.2 Å². The maximum atomic E-state index is 13.1. The van der Waals surface area contributed by atoms with Gasteiger partial charge >= 0.3 is 0 Å². The van der Waals surface area contributed by atoms with E-state index in [0.29, 0.717) is 22.4 Å². The van der Waals surface area contributed by atoms with Crippen LogP contribution in [0, 0.1) is 5.82 Å². The highest BCUT2D eigenvalue weighted by Gasteiger charge is 2.05. The summed E-state index contributed by atoms with van der Waals surface area (Å²) in [6, 6.07) is 2.87. The van der Waals surface area contributed by atoms with Gasteiger partial charge in [0.1, 0.15) is 5.82 Å². The molecule has 2 nitrogen and oxygen atoms in total. The van der Waals surface area contributed by atoms with Gasteiger partial charge in [-0.1, -0.05) is 22.5 Å². The lowest BCUT2D eigenvalue weighted by molar-refractivity contribution is 0.622. The van der Waals surface area contributed by atoms with Gasteiger partial charge < -0.3 is 11.1 Å². The molecule has 0 spiro atoms. The average Bonchev–Trinajstić information content (AvgIpc) is 2.09. The van der Waals surface area contributed by atoms with E-state index < -0.39 is 0 Å². The molecule has 0 heterocycles. The van der Waals surface area contributed by atoms with Gasteiger partial charge in [0.25, 0.3) is 0 Å². The molecule has 0 saturated carbocycles. The Morgan fingerprint density at radius 3 is 2.79 bits per heavy atom. The molecule has 0 saturated heterocycles. The van der Waals surface area contributed by atoms with Crippen molar-refractivity contribution in [2.45, 2.75) is 0 Å². The van der Waals surface area contributed by atoms with E-state index >= 15 is 0 Å². The fourth-order valence-corrected chi connectivity index (χ4v) is 1.41. The zero-order chi connectivity index (χ0) is 10.7. The molecule has 0 unspecified atom stereocenters. The van der Waals surface area contributed by atoms with Crippen molar-refractivity contribution in [1.82, 2.24) is 0 Å². The number of anilines is 2. The smallest absolute Gasteiger partial charge is 0.139 e. The fourth-order valence-electron chi connectivity index (χ4n) is 0.906. The molecule has 0 amide bonds. The Bertz CT molecular complexity index is 366. The van der Waals surface area contributed by atoms with E-state index in [9.17, 15) is 4.39 Å². The second kappa shape index (κ2) is 4.79. The second-order valence-electron chi connectivity index (χ2n) is 2.72. The van der Waals surface area contributed by atoms with Gasteiger partial charge in [-0.3, -0.25) is 0 Å². The summed E-state index contributed by atoms with van der Waals surface area (Å²) in [4.78, 5) is 0. The number of rotatable bonds is 3. The summed E-state index contributed by atoms with van der Waals surface area (Å²) in [7, 11) is 0. The molecule has 0 bridgehead atoms. The molecule has 0 radical (unpaired) electrons. The first-order chi connectivity index (χ1) is 6.50. The number of nitrogens with one attached hydrogen (secondary N) is 1. The predicted octanol–water partition coefficient (Wildman–Crippen LogP) is 3.49. The van der Waals surface area contributed by atoms with Crippen LogP contribution >= 0.6 is 31.9 Å². The zero-order valence-electron chi connectivity index (χ0n) is 7.28. The average molecular weight is 324 g/mol. The minimum atomic E-state index is -0.345. The van der Waals surface area contributed by atoms with Crippen LogP contribution in [-0.2, 0) is 0 Å². The van der Waals surface area contributed by atoms with Crippen LogP contribution in [0.2, 0.25) is 0 Å². The Morgan fingerprint density at radius 1 is 1.57 bits per heavy atom. The van der Waals surface area contributed by atoms with Crippen molar-refractivity contribution in [2.75, 3.05) is 17.6 Å². The Labute approximate surface area is 98.6 Å². The van der Waals surface area contributed by atoms with Crippen LogP contribution in [-0.4, -0.2) is 6.54 Å². The molecule has 14 heavy (non-hydrogen) atoms. The van der Waals surface area contributed by atoms with E-state index in [-0.39, 0.29) is 5.82 Å². The van der Waals surface area contributed by atoms with Crippen LogP contribution in [0.1, 0.15) is 0 Å². The topological polar surface area (TPSA) is 38.0 Å². The minimum Gasteiger partial charge on any atom is -0.397 e. The zero-order valence-corrected chi connectivity index (χ0v) is 10.5. The summed E-state index contributed by atoms with van der Waals surface area (Å²) < 4.78 is 14.2. The summed E-state index contributed by atoms with van der Waals surface area (Å²) in [5.41, 5.74) is 6.73. The van der Waals surface area contributed by atoms with Crippen molar-refractivity contribution in [3.05, 3.63) is 33.5 Å². The quantitative estimate of drug-likeness (QED) is 0.836. The Kier molecular flexibility index (Phi) is 3.95. The van der Waals surface area contributed by atoms with Gasteiger partial charge in [-0.15, -0.1) is 0 Å². The molecule has 0 aliphatic rings. The molecule has 76 valence electrons. The van der Waals surface area contributed by atoms with Crippen LogP contribution in [0.25, 0.3) is 0 Å². The maximum absolute atomic E-state index is 13.1. The Balaban J connectivity index is 2.87. The molecular formula is C9H9Br2FN2. The summed E-state index contributed by atoms with van der Waals surface area (Å²) in [5.74, 6) is -0.345. The van der Waals surface area contributed by atoms with Gasteiger partial charge in [0.15, 0.2) is 0 Å². The van der Waals surface area contributed by atoms with Crippen molar-refractivity contribution in [3.63, 3.8) is 0 Å². The highest BCUT2D eigenvalue weighted by Crippen LogP contribution is 2.26. The lowest BCUT2D eigenvalue weighted by Gasteiger charge is -2.09. The summed E-state index contributed by atoms with van der Waals surface area (Å²) in [6.45, 7) is 4.16. The summed E-state index contributed by atoms with van der Waals surface area (Å²) >= 11 is 6.24. The van der Waals surface area contributed by atoms with Gasteiger partial charge in [0, 0.05) is 17.1 Å². The first kappa shape index (κ1) is 11.5. The molecule has 0 fully saturated rings. The number of hydrogen-bond donors (Lipinski definition) is 2. The van der Waals surface area contributed by atoms with Crippen LogP contribution < -0.4 is 11.1 Å². The van der Waals surface area contributed by atoms with E-state index in [2.05, 4.69) is 43.8 Å². The molecule has 0 atom stereocenters. The Hall–Kier alpha value is -0.550. The molecule has 1 aromatic rings. The van der Waals surface area contributed by atoms with Gasteiger partial charge in [-0.25, -0.2) is 4.39 Å². The maximum Gasteiger partial charge on any atom is 0.139 e. The van der Waals surface area contributed by atoms with E-state index in [1.54, 1.807) is 0 Å². The molecule has 1 rings (SSSR count). The van der Waals surface area contributed by atoms with E-state index in [4.69, 9.17) is 5.73 Å². The van der Waals surface area contributed by atoms with Crippen LogP contribution in [0.3, 0.4) is 0 Å². The highest BCUT2D eigenvalue weighted by atomic mass is 79.9. The lowest BCUT2D eigenvalue weighted by Crippen LogP contribution is -2.04. The number of hydrogen-bond acceptors (Lipinski definition) is 2. The largest absolute Gasteiger partial charge is 0.397 e. The molecule has 0 aliphatic carbocycles. The molecule has 0 aromatic heterocycles. The molecule has 3 N–H and O–H groups in total. The molecule has 1 aromatic carbocycles. The van der Waals surface area contributed by atoms with Crippen LogP contribution in [0.4, 0.5) is 15.8 Å². The third kappa shape index (κ3) is 2.99. The van der Waals surface area contributed by atoms with E-state index in [0.717, 1.165) is 4.48 Å². The number of halogens is 3. The number of nitrogens with two attached hydrogens (primary N) is 1. The van der Waals surface area contributed by atoms with Gasteiger partial charge in [0.05, 0.1) is 15.8 Å². The molecule has 0 aliphatic heterocycles. The van der Waals surface area contributed by atoms with Crippen LogP contribution in [0.15, 0.2) is 27.7 Å². The second-order valence-corrected chi connectivity index (χ2v) is 4.70. The Morgan fingerprint density at radius 2 is 2.21 bits per heavy atom. The predicted molar refractivity (Wildman–Crippen MR) is 65.1 cm³/mol. The van der Waals surface area contributed by atoms with Gasteiger partial charge in [0.2, 0.25) is 0 Å². The molecule has 5 heteroatoms. The van der Waals surface area contributed by atoms with E-state index in [1.807, 2.05) is 0 Å². The van der Waals surface area contributed by atoms with Crippen molar-refractivity contribution in [3.8, 4) is 0 Å². The third-order valence-corrected chi connectivity index (χ3v) is 2.45. The van der Waals surface area contributed by atoms with Crippen molar-refractivity contribution in [1.29, 1.82) is 0 Å². The third-order valence-electron chi connectivity index (χ3n) is 1.56. The standard InChI is InChI=1S/C9H9Br2FN2/c1-5(10)4-14-9-3-7(12)6(11)2-8(9)13/h2-3,14H,1,4,13H2.